The lowest BCUT2D eigenvalue weighted by molar-refractivity contribution is -0.122. The van der Waals surface area contributed by atoms with Gasteiger partial charge in [-0.15, -0.1) is 12.4 Å². The minimum atomic E-state index is 0. The summed E-state index contributed by atoms with van der Waals surface area (Å²) < 4.78 is 0. The fourth-order valence-electron chi connectivity index (χ4n) is 2.49. The number of nitrogens with zero attached hydrogens (tertiary/aromatic N) is 1. The first-order valence-electron chi connectivity index (χ1n) is 6.98. The van der Waals surface area contributed by atoms with E-state index in [1.165, 1.54) is 6.42 Å². The third-order valence-corrected chi connectivity index (χ3v) is 3.61. The lowest BCUT2D eigenvalue weighted by Gasteiger charge is -2.31. The number of carbonyl (C=O) groups excluding carboxylic acids is 1. The van der Waals surface area contributed by atoms with Gasteiger partial charge in [-0.2, -0.15) is 0 Å². The highest BCUT2D eigenvalue weighted by Crippen LogP contribution is 2.09. The van der Waals surface area contributed by atoms with E-state index in [1.807, 2.05) is 37.4 Å². The largest absolute Gasteiger partial charge is 0.351 e. The molecule has 1 aliphatic heterocycles. The number of carbonyl (C=O) groups is 1. The van der Waals surface area contributed by atoms with Crippen molar-refractivity contribution in [1.82, 2.24) is 15.5 Å². The SMILES string of the molecule is CNC1CCCN(CC(=O)NCc2ccccc2)C1.Cl. The number of benzene rings is 1. The summed E-state index contributed by atoms with van der Waals surface area (Å²) in [5.74, 6) is 0.112. The smallest absolute Gasteiger partial charge is 0.234 e. The second kappa shape index (κ2) is 8.95. The van der Waals surface area contributed by atoms with Gasteiger partial charge in [0, 0.05) is 19.1 Å². The van der Waals surface area contributed by atoms with E-state index in [1.54, 1.807) is 0 Å². The predicted octanol–water partition coefficient (Wildman–Crippen LogP) is 1.41. The molecule has 1 aromatic carbocycles. The van der Waals surface area contributed by atoms with E-state index < -0.39 is 0 Å². The Hall–Kier alpha value is -1.10. The first-order chi connectivity index (χ1) is 9.28. The minimum Gasteiger partial charge on any atom is -0.351 e. The van der Waals surface area contributed by atoms with Gasteiger partial charge in [0.05, 0.1) is 6.54 Å². The Morgan fingerprint density at radius 1 is 1.35 bits per heavy atom. The number of amides is 1. The summed E-state index contributed by atoms with van der Waals surface area (Å²) in [6.07, 6.45) is 2.37. The maximum atomic E-state index is 11.9. The predicted molar refractivity (Wildman–Crippen MR) is 84.1 cm³/mol. The van der Waals surface area contributed by atoms with Crippen molar-refractivity contribution < 1.29 is 4.79 Å². The van der Waals surface area contributed by atoms with Gasteiger partial charge in [0.1, 0.15) is 0 Å². The fraction of sp³-hybridized carbons (Fsp3) is 0.533. The summed E-state index contributed by atoms with van der Waals surface area (Å²) in [6, 6.07) is 10.5. The molecule has 1 atom stereocenters. The van der Waals surface area contributed by atoms with E-state index in [0.717, 1.165) is 25.1 Å². The number of nitrogens with one attached hydrogen (secondary N) is 2. The molecular formula is C15H24ClN3O. The van der Waals surface area contributed by atoms with E-state index in [9.17, 15) is 4.79 Å². The fourth-order valence-corrected chi connectivity index (χ4v) is 2.49. The van der Waals surface area contributed by atoms with Crippen molar-refractivity contribution in [3.05, 3.63) is 35.9 Å². The standard InChI is InChI=1S/C15H23N3O.ClH/c1-16-14-8-5-9-18(11-14)12-15(19)17-10-13-6-3-2-4-7-13;/h2-4,6-7,14,16H,5,8-12H2,1H3,(H,17,19);1H. The third kappa shape index (κ3) is 5.49. The number of likely N-dealkylation sites (tertiary alicyclic amines) is 1. The first kappa shape index (κ1) is 17.0. The molecule has 0 bridgehead atoms. The number of hydrogen-bond donors (Lipinski definition) is 2. The molecule has 1 aromatic rings. The lowest BCUT2D eigenvalue weighted by atomic mass is 10.1. The Labute approximate surface area is 127 Å². The summed E-state index contributed by atoms with van der Waals surface area (Å²) in [5.41, 5.74) is 1.14. The molecule has 2 N–H and O–H groups in total. The van der Waals surface area contributed by atoms with Crippen molar-refractivity contribution in [1.29, 1.82) is 0 Å². The van der Waals surface area contributed by atoms with Gasteiger partial charge in [-0.3, -0.25) is 9.69 Å². The zero-order valence-electron chi connectivity index (χ0n) is 12.0. The number of hydrogen-bond acceptors (Lipinski definition) is 3. The van der Waals surface area contributed by atoms with Crippen LogP contribution in [0.5, 0.6) is 0 Å². The van der Waals surface area contributed by atoms with Gasteiger partial charge in [0.2, 0.25) is 5.91 Å². The Balaban J connectivity index is 0.00000200. The molecule has 20 heavy (non-hydrogen) atoms. The van der Waals surface area contributed by atoms with Crippen LogP contribution in [0, 0.1) is 0 Å². The van der Waals surface area contributed by atoms with Crippen LogP contribution in [0.1, 0.15) is 18.4 Å². The molecule has 0 aromatic heterocycles. The van der Waals surface area contributed by atoms with Crippen molar-refractivity contribution in [2.45, 2.75) is 25.4 Å². The highest BCUT2D eigenvalue weighted by atomic mass is 35.5. The Morgan fingerprint density at radius 2 is 2.10 bits per heavy atom. The average Bonchev–Trinajstić information content (AvgIpc) is 2.46. The number of piperidine rings is 1. The summed E-state index contributed by atoms with van der Waals surface area (Å²) in [7, 11) is 1.99. The van der Waals surface area contributed by atoms with Gasteiger partial charge in [0.25, 0.3) is 0 Å². The molecule has 112 valence electrons. The van der Waals surface area contributed by atoms with Gasteiger partial charge < -0.3 is 10.6 Å². The Morgan fingerprint density at radius 3 is 2.80 bits per heavy atom. The summed E-state index contributed by atoms with van der Waals surface area (Å²) in [5, 5.41) is 6.27. The van der Waals surface area contributed by atoms with E-state index in [-0.39, 0.29) is 18.3 Å². The van der Waals surface area contributed by atoms with Gasteiger partial charge in [0.15, 0.2) is 0 Å². The summed E-state index contributed by atoms with van der Waals surface area (Å²) >= 11 is 0. The molecule has 4 nitrogen and oxygen atoms in total. The zero-order chi connectivity index (χ0) is 13.5. The maximum absolute atomic E-state index is 11.9. The van der Waals surface area contributed by atoms with Crippen LogP contribution in [0.2, 0.25) is 0 Å². The Kier molecular flexibility index (Phi) is 7.59. The topological polar surface area (TPSA) is 44.4 Å². The van der Waals surface area contributed by atoms with Crippen molar-refractivity contribution in [2.24, 2.45) is 0 Å². The maximum Gasteiger partial charge on any atom is 0.234 e. The summed E-state index contributed by atoms with van der Waals surface area (Å²) in [6.45, 7) is 3.11. The first-order valence-corrected chi connectivity index (χ1v) is 6.98. The van der Waals surface area contributed by atoms with Gasteiger partial charge in [-0.05, 0) is 32.0 Å². The molecule has 0 saturated carbocycles. The molecule has 1 unspecified atom stereocenters. The van der Waals surface area contributed by atoms with E-state index in [0.29, 0.717) is 19.1 Å². The minimum absolute atomic E-state index is 0. The van der Waals surface area contributed by atoms with Crippen LogP contribution in [0.4, 0.5) is 0 Å². The zero-order valence-corrected chi connectivity index (χ0v) is 12.8. The van der Waals surface area contributed by atoms with E-state index in [2.05, 4.69) is 15.5 Å². The van der Waals surface area contributed by atoms with E-state index >= 15 is 0 Å². The van der Waals surface area contributed by atoms with Crippen LogP contribution in [0.3, 0.4) is 0 Å². The van der Waals surface area contributed by atoms with Crippen molar-refractivity contribution in [2.75, 3.05) is 26.7 Å². The molecule has 0 spiro atoms. The second-order valence-corrected chi connectivity index (χ2v) is 5.13. The molecule has 1 saturated heterocycles. The Bertz CT molecular complexity index is 399. The molecular weight excluding hydrogens is 274 g/mol. The quantitative estimate of drug-likeness (QED) is 0.864. The van der Waals surface area contributed by atoms with Crippen LogP contribution in [0.25, 0.3) is 0 Å². The number of rotatable bonds is 5. The van der Waals surface area contributed by atoms with Gasteiger partial charge >= 0.3 is 0 Å². The van der Waals surface area contributed by atoms with E-state index in [4.69, 9.17) is 0 Å². The number of halogens is 1. The highest BCUT2D eigenvalue weighted by Gasteiger charge is 2.19. The van der Waals surface area contributed by atoms with Crippen LogP contribution in [-0.2, 0) is 11.3 Å². The third-order valence-electron chi connectivity index (χ3n) is 3.61. The van der Waals surface area contributed by atoms with Crippen molar-refractivity contribution >= 4 is 18.3 Å². The van der Waals surface area contributed by atoms with Gasteiger partial charge in [-0.25, -0.2) is 0 Å². The van der Waals surface area contributed by atoms with Crippen LogP contribution >= 0.6 is 12.4 Å². The highest BCUT2D eigenvalue weighted by molar-refractivity contribution is 5.85. The second-order valence-electron chi connectivity index (χ2n) is 5.13. The molecule has 1 heterocycles. The molecule has 1 fully saturated rings. The van der Waals surface area contributed by atoms with Crippen LogP contribution < -0.4 is 10.6 Å². The van der Waals surface area contributed by atoms with Crippen molar-refractivity contribution in [3.8, 4) is 0 Å². The van der Waals surface area contributed by atoms with Crippen molar-refractivity contribution in [3.63, 3.8) is 0 Å². The molecule has 0 radical (unpaired) electrons. The summed E-state index contributed by atoms with van der Waals surface area (Å²) in [4.78, 5) is 14.1. The lowest BCUT2D eigenvalue weighted by Crippen LogP contribution is -2.47. The molecule has 1 amide bonds. The molecule has 1 aliphatic rings. The normalized spacial score (nSPS) is 19.1. The van der Waals surface area contributed by atoms with Crippen LogP contribution in [-0.4, -0.2) is 43.5 Å². The van der Waals surface area contributed by atoms with Gasteiger partial charge in [-0.1, -0.05) is 30.3 Å². The van der Waals surface area contributed by atoms with Crippen LogP contribution in [0.15, 0.2) is 30.3 Å². The molecule has 2 rings (SSSR count). The number of likely N-dealkylation sites (N-methyl/N-ethyl adjacent to an activating group) is 1. The monoisotopic (exact) mass is 297 g/mol. The molecule has 0 aliphatic carbocycles. The molecule has 5 heteroatoms. The average molecular weight is 298 g/mol.